The molecular formula is C8H7BrFNO3. The predicted molar refractivity (Wildman–Crippen MR) is 49.2 cm³/mol. The Bertz CT molecular complexity index is 372. The van der Waals surface area contributed by atoms with Gasteiger partial charge in [0, 0.05) is 6.07 Å². The summed E-state index contributed by atoms with van der Waals surface area (Å²) >= 11 is 3.06. The Morgan fingerprint density at radius 1 is 1.57 bits per heavy atom. The number of benzene rings is 1. The first-order valence-corrected chi connectivity index (χ1v) is 4.61. The third kappa shape index (κ3) is 1.45. The van der Waals surface area contributed by atoms with Crippen molar-refractivity contribution in [1.29, 1.82) is 0 Å². The van der Waals surface area contributed by atoms with Gasteiger partial charge in [0.05, 0.1) is 16.6 Å². The van der Waals surface area contributed by atoms with Crippen LogP contribution in [0, 0.1) is 5.82 Å². The van der Waals surface area contributed by atoms with Crippen LogP contribution in [0.4, 0.5) is 4.39 Å². The van der Waals surface area contributed by atoms with E-state index in [1.807, 2.05) is 0 Å². The zero-order valence-corrected chi connectivity index (χ0v) is 8.64. The van der Waals surface area contributed by atoms with E-state index in [0.717, 1.165) is 0 Å². The molecular weight excluding hydrogens is 257 g/mol. The average Bonchev–Trinajstić information content (AvgIpc) is 2.60. The number of ether oxygens (including phenoxy) is 2. The van der Waals surface area contributed by atoms with E-state index in [4.69, 9.17) is 15.4 Å². The molecule has 1 aromatic rings. The molecule has 2 N–H and O–H groups in total. The van der Waals surface area contributed by atoms with Crippen molar-refractivity contribution in [3.05, 3.63) is 21.9 Å². The molecule has 0 saturated carbocycles. The summed E-state index contributed by atoms with van der Waals surface area (Å²) in [5, 5.41) is 0. The lowest BCUT2D eigenvalue weighted by atomic mass is 10.2. The maximum Gasteiger partial charge on any atom is 0.231 e. The summed E-state index contributed by atoms with van der Waals surface area (Å²) in [6, 6.07) is 1.51. The van der Waals surface area contributed by atoms with Crippen LogP contribution in [0.1, 0.15) is 5.56 Å². The molecule has 0 unspecified atom stereocenters. The molecule has 6 heteroatoms. The number of fused-ring (bicyclic) bond motifs is 1. The van der Waals surface area contributed by atoms with Gasteiger partial charge < -0.3 is 9.47 Å². The van der Waals surface area contributed by atoms with Crippen molar-refractivity contribution < 1.29 is 18.7 Å². The molecule has 2 rings (SSSR count). The van der Waals surface area contributed by atoms with E-state index in [0.29, 0.717) is 16.0 Å². The Labute approximate surface area is 87.8 Å². The van der Waals surface area contributed by atoms with E-state index >= 15 is 0 Å². The molecule has 76 valence electrons. The second-order valence-corrected chi connectivity index (χ2v) is 3.55. The minimum atomic E-state index is -0.445. The van der Waals surface area contributed by atoms with Gasteiger partial charge in [-0.25, -0.2) is 10.3 Å². The van der Waals surface area contributed by atoms with Gasteiger partial charge in [0.1, 0.15) is 5.82 Å². The summed E-state index contributed by atoms with van der Waals surface area (Å²) in [5.74, 6) is 5.30. The maximum absolute atomic E-state index is 13.5. The number of nitrogens with two attached hydrogens (primary N) is 1. The molecule has 4 nitrogen and oxygen atoms in total. The van der Waals surface area contributed by atoms with E-state index in [1.165, 1.54) is 6.07 Å². The van der Waals surface area contributed by atoms with E-state index in [-0.39, 0.29) is 19.0 Å². The van der Waals surface area contributed by atoms with Gasteiger partial charge in [0.2, 0.25) is 6.79 Å². The van der Waals surface area contributed by atoms with Crippen LogP contribution in [0.25, 0.3) is 0 Å². The SMILES string of the molecule is NOCc1c(F)c(Br)cc2c1OCO2. The highest BCUT2D eigenvalue weighted by Gasteiger charge is 2.23. The standard InChI is InChI=1S/C8H7BrFNO3/c9-5-1-6-8(13-3-12-6)4(2-14-11)7(5)10/h1H,2-3,11H2. The molecule has 14 heavy (non-hydrogen) atoms. The minimum absolute atomic E-state index is 0.0586. The molecule has 0 spiro atoms. The highest BCUT2D eigenvalue weighted by Crippen LogP contribution is 2.40. The van der Waals surface area contributed by atoms with Crippen LogP contribution >= 0.6 is 15.9 Å². The fraction of sp³-hybridized carbons (Fsp3) is 0.250. The first kappa shape index (κ1) is 9.70. The van der Waals surface area contributed by atoms with E-state index < -0.39 is 5.82 Å². The number of hydrogen-bond donors (Lipinski definition) is 1. The summed E-state index contributed by atoms with van der Waals surface area (Å²) in [4.78, 5) is 4.39. The zero-order valence-electron chi connectivity index (χ0n) is 7.05. The predicted octanol–water partition coefficient (Wildman–Crippen LogP) is 1.71. The monoisotopic (exact) mass is 263 g/mol. The van der Waals surface area contributed by atoms with Crippen molar-refractivity contribution in [2.45, 2.75) is 6.61 Å². The van der Waals surface area contributed by atoms with Gasteiger partial charge in [-0.1, -0.05) is 0 Å². The number of halogens is 2. The first-order chi connectivity index (χ1) is 6.74. The molecule has 1 heterocycles. The molecule has 1 aliphatic rings. The molecule has 0 saturated heterocycles. The van der Waals surface area contributed by atoms with Crippen LogP contribution in [0.15, 0.2) is 10.5 Å². The van der Waals surface area contributed by atoms with Gasteiger partial charge in [0.15, 0.2) is 11.5 Å². The van der Waals surface area contributed by atoms with E-state index in [9.17, 15) is 4.39 Å². The molecule has 0 aromatic heterocycles. The maximum atomic E-state index is 13.5. The second-order valence-electron chi connectivity index (χ2n) is 2.70. The van der Waals surface area contributed by atoms with Crippen LogP contribution in [-0.2, 0) is 11.4 Å². The van der Waals surface area contributed by atoms with Crippen LogP contribution in [-0.4, -0.2) is 6.79 Å². The first-order valence-electron chi connectivity index (χ1n) is 3.82. The lowest BCUT2D eigenvalue weighted by molar-refractivity contribution is 0.117. The zero-order chi connectivity index (χ0) is 10.1. The molecule has 0 fully saturated rings. The second kappa shape index (κ2) is 3.72. The van der Waals surface area contributed by atoms with Crippen molar-refractivity contribution in [3.63, 3.8) is 0 Å². The molecule has 0 amide bonds. The fourth-order valence-electron chi connectivity index (χ4n) is 1.27. The van der Waals surface area contributed by atoms with E-state index in [1.54, 1.807) is 0 Å². The largest absolute Gasteiger partial charge is 0.454 e. The van der Waals surface area contributed by atoms with Crippen LogP contribution < -0.4 is 15.4 Å². The van der Waals surface area contributed by atoms with Gasteiger partial charge in [-0.05, 0) is 15.9 Å². The van der Waals surface area contributed by atoms with Gasteiger partial charge in [-0.15, -0.1) is 0 Å². The third-order valence-corrected chi connectivity index (χ3v) is 2.45. The normalized spacial score (nSPS) is 13.4. The van der Waals surface area contributed by atoms with E-state index in [2.05, 4.69) is 20.8 Å². The van der Waals surface area contributed by atoms with Crippen molar-refractivity contribution in [1.82, 2.24) is 0 Å². The quantitative estimate of drug-likeness (QED) is 0.826. The van der Waals surface area contributed by atoms with Crippen LogP contribution in [0.3, 0.4) is 0 Å². The lowest BCUT2D eigenvalue weighted by Crippen LogP contribution is -2.03. The van der Waals surface area contributed by atoms with Gasteiger partial charge in [0.25, 0.3) is 0 Å². The number of rotatable bonds is 2. The Morgan fingerprint density at radius 2 is 2.36 bits per heavy atom. The molecule has 0 radical (unpaired) electrons. The Kier molecular flexibility index (Phi) is 2.58. The van der Waals surface area contributed by atoms with Crippen LogP contribution in [0.2, 0.25) is 0 Å². The average molecular weight is 264 g/mol. The van der Waals surface area contributed by atoms with Gasteiger partial charge in [-0.3, -0.25) is 4.84 Å². The third-order valence-electron chi connectivity index (χ3n) is 1.88. The highest BCUT2D eigenvalue weighted by molar-refractivity contribution is 9.10. The highest BCUT2D eigenvalue weighted by atomic mass is 79.9. The number of hydrogen-bond acceptors (Lipinski definition) is 4. The molecule has 0 atom stereocenters. The Morgan fingerprint density at radius 3 is 3.07 bits per heavy atom. The van der Waals surface area contributed by atoms with Crippen molar-refractivity contribution in [3.8, 4) is 11.5 Å². The topological polar surface area (TPSA) is 53.7 Å². The summed E-state index contributed by atoms with van der Waals surface area (Å²) in [7, 11) is 0. The minimum Gasteiger partial charge on any atom is -0.454 e. The van der Waals surface area contributed by atoms with Crippen molar-refractivity contribution >= 4 is 15.9 Å². The Balaban J connectivity index is 2.54. The molecule has 0 aliphatic carbocycles. The molecule has 0 bridgehead atoms. The smallest absolute Gasteiger partial charge is 0.231 e. The molecule has 1 aliphatic heterocycles. The Hall–Kier alpha value is -0.850. The summed E-state index contributed by atoms with van der Waals surface area (Å²) in [6.45, 7) is 0.0275. The van der Waals surface area contributed by atoms with Gasteiger partial charge in [-0.2, -0.15) is 0 Å². The van der Waals surface area contributed by atoms with Crippen LogP contribution in [0.5, 0.6) is 11.5 Å². The molecule has 1 aromatic carbocycles. The van der Waals surface area contributed by atoms with Gasteiger partial charge >= 0.3 is 0 Å². The summed E-state index contributed by atoms with van der Waals surface area (Å²) in [6.07, 6.45) is 0. The summed E-state index contributed by atoms with van der Waals surface area (Å²) in [5.41, 5.74) is 0.259. The van der Waals surface area contributed by atoms with Crippen molar-refractivity contribution in [2.75, 3.05) is 6.79 Å². The summed E-state index contributed by atoms with van der Waals surface area (Å²) < 4.78 is 24.0. The lowest BCUT2D eigenvalue weighted by Gasteiger charge is -2.07. The fourth-order valence-corrected chi connectivity index (χ4v) is 1.71. The van der Waals surface area contributed by atoms with Crippen molar-refractivity contribution in [2.24, 2.45) is 5.90 Å².